The van der Waals surface area contributed by atoms with E-state index in [9.17, 15) is 9.59 Å². The average Bonchev–Trinajstić information content (AvgIpc) is 2.87. The first kappa shape index (κ1) is 24.7. The quantitative estimate of drug-likeness (QED) is 0.132. The molecule has 0 radical (unpaired) electrons. The van der Waals surface area contributed by atoms with Gasteiger partial charge in [0.2, 0.25) is 0 Å². The molecule has 0 spiro atoms. The lowest BCUT2D eigenvalue weighted by molar-refractivity contribution is 0.0707. The molecular weight excluding hydrogens is 456 g/mol. The van der Waals surface area contributed by atoms with Crippen LogP contribution >= 0.6 is 0 Å². The molecule has 0 aliphatic rings. The zero-order valence-electron chi connectivity index (χ0n) is 20.5. The first-order chi connectivity index (χ1) is 17.2. The normalized spacial score (nSPS) is 12.1. The van der Waals surface area contributed by atoms with E-state index >= 15 is 0 Å². The number of para-hydroxylation sites is 1. The summed E-state index contributed by atoms with van der Waals surface area (Å²) in [6.07, 6.45) is 1.66. The zero-order chi connectivity index (χ0) is 26.0. The van der Waals surface area contributed by atoms with Crippen molar-refractivity contribution in [3.63, 3.8) is 0 Å². The standard InChI is InChI=1S/C28H28N4O4/c1-15-11-21(17(3)31-24-8-6-5-7-20(24)28(34)32-35)27-22(12-15)25(33)16(2)26(36-27)18-9-10-23(29)19(13-18)14-30-4/h5-14,17,31,35H,29H2,1-4H3,(H,32,34). The molecule has 0 aliphatic carbocycles. The van der Waals surface area contributed by atoms with Crippen LogP contribution < -0.4 is 22.0 Å². The maximum Gasteiger partial charge on any atom is 0.276 e. The van der Waals surface area contributed by atoms with Gasteiger partial charge < -0.3 is 15.5 Å². The minimum Gasteiger partial charge on any atom is -0.455 e. The molecule has 4 aromatic rings. The number of nitrogens with two attached hydrogens (primary N) is 1. The summed E-state index contributed by atoms with van der Waals surface area (Å²) in [4.78, 5) is 29.6. The maximum absolute atomic E-state index is 13.5. The number of amides is 1. The molecule has 1 aromatic heterocycles. The number of hydroxylamine groups is 1. The summed E-state index contributed by atoms with van der Waals surface area (Å²) in [6, 6.07) is 15.7. The predicted octanol–water partition coefficient (Wildman–Crippen LogP) is 5.00. The Morgan fingerprint density at radius 3 is 2.61 bits per heavy atom. The first-order valence-corrected chi connectivity index (χ1v) is 11.4. The summed E-state index contributed by atoms with van der Waals surface area (Å²) in [7, 11) is 1.67. The molecule has 3 aromatic carbocycles. The Morgan fingerprint density at radius 1 is 1.14 bits per heavy atom. The van der Waals surface area contributed by atoms with E-state index in [0.717, 1.165) is 16.7 Å². The number of fused-ring (bicyclic) bond motifs is 1. The molecule has 1 amide bonds. The maximum atomic E-state index is 13.5. The van der Waals surface area contributed by atoms with Gasteiger partial charge in [-0.25, -0.2) is 5.48 Å². The van der Waals surface area contributed by atoms with E-state index in [1.165, 1.54) is 0 Å². The molecule has 1 heterocycles. The highest BCUT2D eigenvalue weighted by molar-refractivity contribution is 5.99. The molecule has 8 nitrogen and oxygen atoms in total. The van der Waals surface area contributed by atoms with Crippen LogP contribution in [0.1, 0.15) is 45.6 Å². The molecule has 184 valence electrons. The highest BCUT2D eigenvalue weighted by atomic mass is 16.5. The van der Waals surface area contributed by atoms with Crippen LogP contribution in [0.5, 0.6) is 0 Å². The van der Waals surface area contributed by atoms with Crippen LogP contribution in [0.2, 0.25) is 0 Å². The minimum atomic E-state index is -0.626. The third-order valence-electron chi connectivity index (χ3n) is 6.12. The zero-order valence-corrected chi connectivity index (χ0v) is 20.5. The highest BCUT2D eigenvalue weighted by Gasteiger charge is 2.20. The molecule has 0 saturated carbocycles. The van der Waals surface area contributed by atoms with Crippen LogP contribution in [0.25, 0.3) is 22.3 Å². The van der Waals surface area contributed by atoms with Gasteiger partial charge in [-0.1, -0.05) is 18.2 Å². The monoisotopic (exact) mass is 484 g/mol. The van der Waals surface area contributed by atoms with Gasteiger partial charge in [0.05, 0.1) is 17.0 Å². The number of anilines is 2. The van der Waals surface area contributed by atoms with Crippen LogP contribution in [0, 0.1) is 13.8 Å². The van der Waals surface area contributed by atoms with E-state index in [0.29, 0.717) is 39.2 Å². The minimum absolute atomic E-state index is 0.119. The van der Waals surface area contributed by atoms with Crippen molar-refractivity contribution >= 4 is 34.5 Å². The second-order valence-corrected chi connectivity index (χ2v) is 8.70. The third-order valence-corrected chi connectivity index (χ3v) is 6.12. The van der Waals surface area contributed by atoms with E-state index in [2.05, 4.69) is 10.3 Å². The molecule has 0 bridgehead atoms. The summed E-state index contributed by atoms with van der Waals surface area (Å²) in [5.74, 6) is -0.172. The van der Waals surface area contributed by atoms with Gasteiger partial charge >= 0.3 is 0 Å². The van der Waals surface area contributed by atoms with Crippen LogP contribution in [0.4, 0.5) is 11.4 Å². The number of aryl methyl sites for hydroxylation is 1. The Kier molecular flexibility index (Phi) is 6.89. The van der Waals surface area contributed by atoms with Gasteiger partial charge in [-0.15, -0.1) is 0 Å². The predicted molar refractivity (Wildman–Crippen MR) is 143 cm³/mol. The van der Waals surface area contributed by atoms with Gasteiger partial charge in [-0.3, -0.25) is 19.8 Å². The fourth-order valence-corrected chi connectivity index (χ4v) is 4.31. The Bertz CT molecular complexity index is 1560. The molecule has 1 unspecified atom stereocenters. The van der Waals surface area contributed by atoms with Gasteiger partial charge in [0, 0.05) is 46.9 Å². The lowest BCUT2D eigenvalue weighted by atomic mass is 9.98. The second kappa shape index (κ2) is 10.1. The van der Waals surface area contributed by atoms with Crippen molar-refractivity contribution in [3.8, 4) is 11.3 Å². The van der Waals surface area contributed by atoms with Crippen LogP contribution in [-0.2, 0) is 0 Å². The van der Waals surface area contributed by atoms with E-state index in [-0.39, 0.29) is 17.0 Å². The number of carbonyl (C=O) groups is 1. The number of hydrogen-bond acceptors (Lipinski definition) is 7. The average molecular weight is 485 g/mol. The summed E-state index contributed by atoms with van der Waals surface area (Å²) < 4.78 is 6.43. The lowest BCUT2D eigenvalue weighted by Gasteiger charge is -2.20. The topological polar surface area (TPSA) is 130 Å². The van der Waals surface area contributed by atoms with Crippen LogP contribution in [-0.4, -0.2) is 24.4 Å². The van der Waals surface area contributed by atoms with Gasteiger partial charge in [-0.2, -0.15) is 0 Å². The van der Waals surface area contributed by atoms with Crippen molar-refractivity contribution in [2.24, 2.45) is 4.99 Å². The van der Waals surface area contributed by atoms with Crippen molar-refractivity contribution < 1.29 is 14.4 Å². The highest BCUT2D eigenvalue weighted by Crippen LogP contribution is 2.33. The number of nitrogens with one attached hydrogen (secondary N) is 2. The molecule has 0 saturated heterocycles. The fourth-order valence-electron chi connectivity index (χ4n) is 4.31. The van der Waals surface area contributed by atoms with Crippen molar-refractivity contribution in [1.82, 2.24) is 5.48 Å². The summed E-state index contributed by atoms with van der Waals surface area (Å²) in [5.41, 5.74) is 13.1. The summed E-state index contributed by atoms with van der Waals surface area (Å²) >= 11 is 0. The van der Waals surface area contributed by atoms with E-state index < -0.39 is 5.91 Å². The summed E-state index contributed by atoms with van der Waals surface area (Å²) in [5, 5.41) is 12.9. The third kappa shape index (κ3) is 4.58. The molecule has 5 N–H and O–H groups in total. The summed E-state index contributed by atoms with van der Waals surface area (Å²) in [6.45, 7) is 5.58. The molecular formula is C28H28N4O4. The van der Waals surface area contributed by atoms with Gasteiger partial charge in [0.15, 0.2) is 5.43 Å². The SMILES string of the molecule is CN=Cc1cc(-c2oc3c(C(C)Nc4ccccc4C(=O)NO)cc(C)cc3c(=O)c2C)ccc1N. The Labute approximate surface area is 208 Å². The molecule has 0 fully saturated rings. The largest absolute Gasteiger partial charge is 0.455 e. The van der Waals surface area contributed by atoms with Gasteiger partial charge in [0.25, 0.3) is 5.91 Å². The Balaban J connectivity index is 1.89. The van der Waals surface area contributed by atoms with Crippen LogP contribution in [0.3, 0.4) is 0 Å². The van der Waals surface area contributed by atoms with Crippen molar-refractivity contribution in [2.45, 2.75) is 26.8 Å². The second-order valence-electron chi connectivity index (χ2n) is 8.70. The number of carbonyl (C=O) groups excluding carboxylic acids is 1. The van der Waals surface area contributed by atoms with Crippen molar-refractivity contribution in [2.75, 3.05) is 18.1 Å². The van der Waals surface area contributed by atoms with Gasteiger partial charge in [0.1, 0.15) is 11.3 Å². The molecule has 0 aliphatic heterocycles. The van der Waals surface area contributed by atoms with Crippen molar-refractivity contribution in [3.05, 3.63) is 92.6 Å². The van der Waals surface area contributed by atoms with Crippen LogP contribution in [0.15, 0.2) is 68.8 Å². The van der Waals surface area contributed by atoms with Crippen molar-refractivity contribution in [1.29, 1.82) is 0 Å². The molecule has 8 heteroatoms. The number of nitrogens with zero attached hydrogens (tertiary/aromatic N) is 1. The number of hydrogen-bond donors (Lipinski definition) is 4. The number of aliphatic imine (C=N–C) groups is 1. The Morgan fingerprint density at radius 2 is 1.89 bits per heavy atom. The number of benzene rings is 3. The molecule has 1 atom stereocenters. The molecule has 4 rings (SSSR count). The first-order valence-electron chi connectivity index (χ1n) is 11.4. The fraction of sp³-hybridized carbons (Fsp3) is 0.179. The number of rotatable bonds is 6. The van der Waals surface area contributed by atoms with E-state index in [4.69, 9.17) is 15.4 Å². The lowest BCUT2D eigenvalue weighted by Crippen LogP contribution is -2.21. The Hall–Kier alpha value is -4.43. The van der Waals surface area contributed by atoms with E-state index in [1.54, 1.807) is 56.0 Å². The number of nitrogen functional groups attached to an aromatic ring is 1. The molecule has 36 heavy (non-hydrogen) atoms. The smallest absolute Gasteiger partial charge is 0.276 e. The van der Waals surface area contributed by atoms with E-state index in [1.807, 2.05) is 38.1 Å². The van der Waals surface area contributed by atoms with Gasteiger partial charge in [-0.05, 0) is 62.7 Å².